The lowest BCUT2D eigenvalue weighted by atomic mass is 9.96. The van der Waals surface area contributed by atoms with Gasteiger partial charge in [0.1, 0.15) is 5.67 Å². The Morgan fingerprint density at radius 2 is 1.81 bits per heavy atom. The predicted octanol–water partition coefficient (Wildman–Crippen LogP) is 7.03. The number of hydrogen-bond acceptors (Lipinski definition) is 2. The minimum atomic E-state index is -1.45. The summed E-state index contributed by atoms with van der Waals surface area (Å²) in [4.78, 5) is 13.1. The van der Waals surface area contributed by atoms with E-state index in [1.165, 1.54) is 13.8 Å². The Kier molecular flexibility index (Phi) is 5.97. The third kappa shape index (κ3) is 4.36. The van der Waals surface area contributed by atoms with Crippen molar-refractivity contribution < 1.29 is 9.18 Å². The van der Waals surface area contributed by atoms with Crippen LogP contribution in [0.5, 0.6) is 0 Å². The van der Waals surface area contributed by atoms with Gasteiger partial charge in [-0.1, -0.05) is 53.5 Å². The van der Waals surface area contributed by atoms with E-state index in [-0.39, 0.29) is 11.9 Å². The Hall–Kier alpha value is -2.89. The van der Waals surface area contributed by atoms with E-state index in [0.29, 0.717) is 26.6 Å². The summed E-state index contributed by atoms with van der Waals surface area (Å²) in [5.74, 6) is -0.235. The summed E-state index contributed by atoms with van der Waals surface area (Å²) in [6, 6.07) is 17.6. The van der Waals surface area contributed by atoms with Crippen LogP contribution >= 0.6 is 23.2 Å². The quantitative estimate of drug-likeness (QED) is 0.341. The van der Waals surface area contributed by atoms with Gasteiger partial charge in [0.2, 0.25) is 0 Å². The number of nitrogens with one attached hydrogen (secondary N) is 1. The Morgan fingerprint density at radius 3 is 2.53 bits per heavy atom. The standard InChI is InChI=1S/C25H22Cl2FN3O/c1-15(16-6-4-7-17(12-16)25(2,3)28)30-24(32)19-8-5-9-23-20(19)14-29-31(23)18-10-11-21(26)22(27)13-18/h4-15H,1-3H3,(H,30,32)/t15-/m0/s1. The van der Waals surface area contributed by atoms with E-state index < -0.39 is 5.67 Å². The molecule has 1 atom stereocenters. The maximum Gasteiger partial charge on any atom is 0.252 e. The second-order valence-electron chi connectivity index (χ2n) is 8.19. The number of aromatic nitrogens is 2. The number of carbonyl (C=O) groups excluding carboxylic acids is 1. The number of amides is 1. The van der Waals surface area contributed by atoms with E-state index in [4.69, 9.17) is 23.2 Å². The third-order valence-electron chi connectivity index (χ3n) is 5.43. The van der Waals surface area contributed by atoms with Gasteiger partial charge >= 0.3 is 0 Å². The fraction of sp³-hybridized carbons (Fsp3) is 0.200. The van der Waals surface area contributed by atoms with Crippen LogP contribution in [0, 0.1) is 0 Å². The van der Waals surface area contributed by atoms with Gasteiger partial charge in [-0.3, -0.25) is 4.79 Å². The van der Waals surface area contributed by atoms with Crippen LogP contribution in [0.3, 0.4) is 0 Å². The van der Waals surface area contributed by atoms with Gasteiger partial charge in [-0.15, -0.1) is 0 Å². The lowest BCUT2D eigenvalue weighted by Gasteiger charge is -2.19. The Labute approximate surface area is 196 Å². The molecule has 0 saturated carbocycles. The molecule has 0 fully saturated rings. The van der Waals surface area contributed by atoms with Gasteiger partial charge in [-0.05, 0) is 62.2 Å². The highest BCUT2D eigenvalue weighted by molar-refractivity contribution is 6.42. The molecule has 1 aromatic heterocycles. The monoisotopic (exact) mass is 469 g/mol. The zero-order valence-corrected chi connectivity index (χ0v) is 19.4. The summed E-state index contributed by atoms with van der Waals surface area (Å²) in [5.41, 5.74) is 1.96. The van der Waals surface area contributed by atoms with E-state index >= 15 is 0 Å². The first-order chi connectivity index (χ1) is 15.1. The summed E-state index contributed by atoms with van der Waals surface area (Å²) in [7, 11) is 0. The Morgan fingerprint density at radius 1 is 1.06 bits per heavy atom. The SMILES string of the molecule is C[C@H](NC(=O)c1cccc2c1cnn2-c1ccc(Cl)c(Cl)c1)c1cccc(C(C)(C)F)c1. The molecule has 32 heavy (non-hydrogen) atoms. The molecule has 164 valence electrons. The minimum Gasteiger partial charge on any atom is -0.345 e. The molecule has 0 saturated heterocycles. The Balaban J connectivity index is 1.63. The largest absolute Gasteiger partial charge is 0.345 e. The second-order valence-corrected chi connectivity index (χ2v) is 9.00. The van der Waals surface area contributed by atoms with Gasteiger partial charge in [-0.25, -0.2) is 9.07 Å². The van der Waals surface area contributed by atoms with Crippen LogP contribution in [0.1, 0.15) is 48.3 Å². The van der Waals surface area contributed by atoms with Gasteiger partial charge in [0.15, 0.2) is 0 Å². The maximum absolute atomic E-state index is 14.3. The number of benzene rings is 3. The topological polar surface area (TPSA) is 46.9 Å². The Bertz CT molecular complexity index is 1310. The smallest absolute Gasteiger partial charge is 0.252 e. The normalized spacial score (nSPS) is 12.7. The third-order valence-corrected chi connectivity index (χ3v) is 6.17. The van der Waals surface area contributed by atoms with Crippen molar-refractivity contribution in [3.8, 4) is 5.69 Å². The van der Waals surface area contributed by atoms with Gasteiger partial charge in [0.25, 0.3) is 5.91 Å². The van der Waals surface area contributed by atoms with E-state index in [9.17, 15) is 9.18 Å². The molecule has 0 aliphatic carbocycles. The number of alkyl halides is 1. The van der Waals surface area contributed by atoms with Crippen LogP contribution in [0.2, 0.25) is 10.0 Å². The summed E-state index contributed by atoms with van der Waals surface area (Å²) >= 11 is 12.2. The van der Waals surface area contributed by atoms with Crippen LogP contribution in [0.25, 0.3) is 16.6 Å². The minimum absolute atomic E-state index is 0.235. The van der Waals surface area contributed by atoms with Crippen LogP contribution in [-0.2, 0) is 5.67 Å². The first-order valence-electron chi connectivity index (χ1n) is 10.2. The van der Waals surface area contributed by atoms with E-state index in [1.54, 1.807) is 47.3 Å². The summed E-state index contributed by atoms with van der Waals surface area (Å²) < 4.78 is 16.1. The highest BCUT2D eigenvalue weighted by Gasteiger charge is 2.21. The average molecular weight is 470 g/mol. The molecule has 0 bridgehead atoms. The summed E-state index contributed by atoms with van der Waals surface area (Å²) in [6.07, 6.45) is 1.66. The molecular weight excluding hydrogens is 448 g/mol. The van der Waals surface area contributed by atoms with Crippen molar-refractivity contribution in [1.29, 1.82) is 0 Å². The second kappa shape index (κ2) is 8.57. The lowest BCUT2D eigenvalue weighted by molar-refractivity contribution is 0.0941. The van der Waals surface area contributed by atoms with Crippen molar-refractivity contribution in [2.24, 2.45) is 0 Å². The van der Waals surface area contributed by atoms with Crippen molar-refractivity contribution in [3.63, 3.8) is 0 Å². The van der Waals surface area contributed by atoms with Crippen molar-refractivity contribution in [2.45, 2.75) is 32.5 Å². The fourth-order valence-corrected chi connectivity index (χ4v) is 3.90. The van der Waals surface area contributed by atoms with Crippen molar-refractivity contribution in [2.75, 3.05) is 0 Å². The number of hydrogen-bond donors (Lipinski definition) is 1. The molecule has 7 heteroatoms. The molecule has 4 rings (SSSR count). The molecule has 0 spiro atoms. The van der Waals surface area contributed by atoms with Gasteiger partial charge in [0, 0.05) is 5.39 Å². The zero-order valence-electron chi connectivity index (χ0n) is 17.9. The molecule has 1 amide bonds. The fourth-order valence-electron chi connectivity index (χ4n) is 3.61. The van der Waals surface area contributed by atoms with Gasteiger partial charge in [-0.2, -0.15) is 5.10 Å². The van der Waals surface area contributed by atoms with Crippen molar-refractivity contribution in [1.82, 2.24) is 15.1 Å². The molecular formula is C25H22Cl2FN3O. The average Bonchev–Trinajstić information content (AvgIpc) is 3.19. The lowest BCUT2D eigenvalue weighted by Crippen LogP contribution is -2.27. The molecule has 1 heterocycles. The maximum atomic E-state index is 14.3. The zero-order chi connectivity index (χ0) is 23.0. The number of nitrogens with zero attached hydrogens (tertiary/aromatic N) is 2. The first kappa shape index (κ1) is 22.3. The summed E-state index contributed by atoms with van der Waals surface area (Å²) in [6.45, 7) is 4.91. The highest BCUT2D eigenvalue weighted by atomic mass is 35.5. The van der Waals surface area contributed by atoms with Gasteiger partial charge < -0.3 is 5.32 Å². The van der Waals surface area contributed by atoms with Crippen molar-refractivity contribution >= 4 is 40.0 Å². The van der Waals surface area contributed by atoms with Crippen molar-refractivity contribution in [3.05, 3.63) is 93.6 Å². The summed E-state index contributed by atoms with van der Waals surface area (Å²) in [5, 5.41) is 9.06. The number of rotatable bonds is 5. The van der Waals surface area contributed by atoms with Gasteiger partial charge in [0.05, 0.1) is 39.1 Å². The van der Waals surface area contributed by atoms with E-state index in [2.05, 4.69) is 10.4 Å². The number of carbonyl (C=O) groups is 1. The van der Waals surface area contributed by atoms with E-state index in [1.807, 2.05) is 31.2 Å². The number of fused-ring (bicyclic) bond motifs is 1. The number of halogens is 3. The molecule has 4 nitrogen and oxygen atoms in total. The van der Waals surface area contributed by atoms with Crippen LogP contribution < -0.4 is 5.32 Å². The molecule has 0 aliphatic rings. The van der Waals surface area contributed by atoms with Crippen LogP contribution in [0.15, 0.2) is 66.9 Å². The predicted molar refractivity (Wildman–Crippen MR) is 128 cm³/mol. The highest BCUT2D eigenvalue weighted by Crippen LogP contribution is 2.29. The molecule has 0 unspecified atom stereocenters. The van der Waals surface area contributed by atoms with Crippen LogP contribution in [0.4, 0.5) is 4.39 Å². The molecule has 0 aliphatic heterocycles. The molecule has 3 aromatic carbocycles. The van der Waals surface area contributed by atoms with E-state index in [0.717, 1.165) is 16.8 Å². The molecule has 1 N–H and O–H groups in total. The van der Waals surface area contributed by atoms with Crippen LogP contribution in [-0.4, -0.2) is 15.7 Å². The molecule has 0 radical (unpaired) electrons. The molecule has 4 aromatic rings. The first-order valence-corrected chi connectivity index (χ1v) is 10.9.